The van der Waals surface area contributed by atoms with Gasteiger partial charge in [-0.05, 0) is 55.3 Å². The minimum Gasteiger partial charge on any atom is -0.354 e. The van der Waals surface area contributed by atoms with Gasteiger partial charge in [0, 0.05) is 29.7 Å². The molecule has 3 aromatic rings. The van der Waals surface area contributed by atoms with Gasteiger partial charge in [0.15, 0.2) is 5.78 Å². The van der Waals surface area contributed by atoms with Gasteiger partial charge in [-0.25, -0.2) is 0 Å². The number of benzene rings is 2. The lowest BCUT2D eigenvalue weighted by atomic mass is 10.1. The summed E-state index contributed by atoms with van der Waals surface area (Å²) in [6.07, 6.45) is 4.14. The number of hydrogen-bond donors (Lipinski definition) is 1. The second-order valence-electron chi connectivity index (χ2n) is 6.56. The third-order valence-electron chi connectivity index (χ3n) is 4.70. The molecule has 0 fully saturated rings. The number of Topliss-reactive ketones (excluding diaryl/α,β-unsaturated/α-hetero) is 1. The molecule has 27 heavy (non-hydrogen) atoms. The molecule has 5 heteroatoms. The number of fused-ring (bicyclic) bond motifs is 1. The zero-order chi connectivity index (χ0) is 18.8. The van der Waals surface area contributed by atoms with Gasteiger partial charge in [-0.2, -0.15) is 0 Å². The number of anilines is 3. The Hall–Kier alpha value is -3.47. The van der Waals surface area contributed by atoms with E-state index in [0.717, 1.165) is 23.5 Å². The Morgan fingerprint density at radius 3 is 2.52 bits per heavy atom. The van der Waals surface area contributed by atoms with E-state index in [1.165, 1.54) is 12.5 Å². The molecule has 0 aliphatic carbocycles. The van der Waals surface area contributed by atoms with Crippen LogP contribution in [0.15, 0.2) is 67.0 Å². The van der Waals surface area contributed by atoms with Crippen LogP contribution in [0.25, 0.3) is 0 Å². The molecule has 1 aromatic heterocycles. The van der Waals surface area contributed by atoms with Gasteiger partial charge in [0.2, 0.25) is 0 Å². The molecule has 1 amide bonds. The zero-order valence-electron chi connectivity index (χ0n) is 15.0. The van der Waals surface area contributed by atoms with Gasteiger partial charge in [-0.15, -0.1) is 0 Å². The lowest BCUT2D eigenvalue weighted by Gasteiger charge is -2.17. The van der Waals surface area contributed by atoms with Crippen molar-refractivity contribution in [1.29, 1.82) is 0 Å². The summed E-state index contributed by atoms with van der Waals surface area (Å²) in [5.74, 6) is -0.0234. The highest BCUT2D eigenvalue weighted by Gasteiger charge is 2.25. The quantitative estimate of drug-likeness (QED) is 0.710. The van der Waals surface area contributed by atoms with Crippen molar-refractivity contribution in [2.75, 3.05) is 16.8 Å². The fourth-order valence-electron chi connectivity index (χ4n) is 3.29. The van der Waals surface area contributed by atoms with Crippen molar-refractivity contribution < 1.29 is 9.59 Å². The number of para-hydroxylation sites is 1. The van der Waals surface area contributed by atoms with Crippen molar-refractivity contribution in [2.45, 2.75) is 13.3 Å². The van der Waals surface area contributed by atoms with E-state index in [0.29, 0.717) is 17.7 Å². The number of aromatic nitrogens is 1. The lowest BCUT2D eigenvalue weighted by molar-refractivity contribution is 0.0986. The Kier molecular flexibility index (Phi) is 4.42. The Morgan fingerprint density at radius 2 is 1.74 bits per heavy atom. The molecule has 1 N–H and O–H groups in total. The van der Waals surface area contributed by atoms with Crippen LogP contribution in [-0.2, 0) is 6.42 Å². The minimum atomic E-state index is -0.0528. The van der Waals surface area contributed by atoms with Crippen molar-refractivity contribution in [1.82, 2.24) is 4.98 Å². The summed E-state index contributed by atoms with van der Waals surface area (Å²) in [7, 11) is 0. The van der Waals surface area contributed by atoms with E-state index >= 15 is 0 Å². The van der Waals surface area contributed by atoms with Crippen LogP contribution in [0, 0.1) is 0 Å². The Bertz CT molecular complexity index is 1010. The second-order valence-corrected chi connectivity index (χ2v) is 6.56. The van der Waals surface area contributed by atoms with E-state index in [1.54, 1.807) is 35.5 Å². The number of carbonyl (C=O) groups excluding carboxylic acids is 2. The van der Waals surface area contributed by atoms with Crippen molar-refractivity contribution in [2.24, 2.45) is 0 Å². The molecule has 0 saturated carbocycles. The maximum Gasteiger partial charge on any atom is 0.259 e. The van der Waals surface area contributed by atoms with Gasteiger partial charge in [0.1, 0.15) is 0 Å². The van der Waals surface area contributed by atoms with Crippen LogP contribution >= 0.6 is 0 Å². The van der Waals surface area contributed by atoms with E-state index in [1.807, 2.05) is 30.3 Å². The van der Waals surface area contributed by atoms with Crippen molar-refractivity contribution in [3.8, 4) is 0 Å². The summed E-state index contributed by atoms with van der Waals surface area (Å²) in [4.78, 5) is 30.3. The molecule has 0 unspecified atom stereocenters. The topological polar surface area (TPSA) is 62.3 Å². The smallest absolute Gasteiger partial charge is 0.259 e. The van der Waals surface area contributed by atoms with E-state index in [9.17, 15) is 9.59 Å². The normalized spacial score (nSPS) is 12.6. The Balaban J connectivity index is 1.54. The zero-order valence-corrected chi connectivity index (χ0v) is 15.0. The number of rotatable bonds is 4. The molecule has 4 rings (SSSR count). The van der Waals surface area contributed by atoms with Crippen LogP contribution in [0.5, 0.6) is 0 Å². The molecule has 2 aromatic carbocycles. The highest BCUT2D eigenvalue weighted by atomic mass is 16.2. The Morgan fingerprint density at radius 1 is 0.963 bits per heavy atom. The monoisotopic (exact) mass is 357 g/mol. The van der Waals surface area contributed by atoms with Crippen LogP contribution in [0.3, 0.4) is 0 Å². The van der Waals surface area contributed by atoms with E-state index in [-0.39, 0.29) is 11.7 Å². The molecule has 1 aliphatic rings. The van der Waals surface area contributed by atoms with Gasteiger partial charge in [0.25, 0.3) is 5.91 Å². The predicted octanol–water partition coefficient (Wildman–Crippen LogP) is 4.23. The number of amides is 1. The third-order valence-corrected chi connectivity index (χ3v) is 4.70. The Labute approximate surface area is 157 Å². The summed E-state index contributed by atoms with van der Waals surface area (Å²) in [6, 6.07) is 17.0. The molecule has 0 spiro atoms. The summed E-state index contributed by atoms with van der Waals surface area (Å²) in [5, 5.41) is 3.23. The summed E-state index contributed by atoms with van der Waals surface area (Å²) in [6.45, 7) is 2.22. The molecule has 0 saturated heterocycles. The highest BCUT2D eigenvalue weighted by molar-refractivity contribution is 6.07. The van der Waals surface area contributed by atoms with Gasteiger partial charge in [0.05, 0.1) is 17.4 Å². The van der Waals surface area contributed by atoms with Crippen LogP contribution in [0.4, 0.5) is 17.1 Å². The van der Waals surface area contributed by atoms with E-state index in [4.69, 9.17) is 0 Å². The molecule has 5 nitrogen and oxygen atoms in total. The molecule has 0 atom stereocenters. The maximum atomic E-state index is 13.0. The van der Waals surface area contributed by atoms with Crippen molar-refractivity contribution in [3.05, 3.63) is 83.7 Å². The van der Waals surface area contributed by atoms with Gasteiger partial charge < -0.3 is 10.2 Å². The first-order valence-electron chi connectivity index (χ1n) is 8.85. The maximum absolute atomic E-state index is 13.0. The van der Waals surface area contributed by atoms with Crippen LogP contribution in [0.2, 0.25) is 0 Å². The standard InChI is InChI=1S/C22H19N3O2/c1-15(26)16-6-8-19(9-7-16)24-20-12-18(13-23-14-20)22(27)25-11-10-17-4-2-3-5-21(17)25/h2-9,12-14,24H,10-11H2,1H3. The molecule has 0 bridgehead atoms. The molecular formula is C22H19N3O2. The molecule has 0 radical (unpaired) electrons. The van der Waals surface area contributed by atoms with Crippen LogP contribution in [0.1, 0.15) is 33.2 Å². The minimum absolute atomic E-state index is 0.0294. The second kappa shape index (κ2) is 7.03. The SMILES string of the molecule is CC(=O)c1ccc(Nc2cncc(C(=O)N3CCc4ccccc43)c2)cc1. The number of pyridine rings is 1. The number of nitrogens with one attached hydrogen (secondary N) is 1. The highest BCUT2D eigenvalue weighted by Crippen LogP contribution is 2.29. The lowest BCUT2D eigenvalue weighted by Crippen LogP contribution is -2.29. The van der Waals surface area contributed by atoms with Crippen LogP contribution < -0.4 is 10.2 Å². The molecule has 1 aliphatic heterocycles. The molecule has 2 heterocycles. The van der Waals surface area contributed by atoms with E-state index in [2.05, 4.69) is 16.4 Å². The fraction of sp³-hybridized carbons (Fsp3) is 0.136. The number of carbonyl (C=O) groups is 2. The average molecular weight is 357 g/mol. The molecule has 134 valence electrons. The number of ketones is 1. The first kappa shape index (κ1) is 17.0. The molecular weight excluding hydrogens is 338 g/mol. The average Bonchev–Trinajstić information content (AvgIpc) is 3.12. The van der Waals surface area contributed by atoms with Gasteiger partial charge >= 0.3 is 0 Å². The third kappa shape index (κ3) is 3.44. The van der Waals surface area contributed by atoms with E-state index < -0.39 is 0 Å². The van der Waals surface area contributed by atoms with Crippen molar-refractivity contribution >= 4 is 28.8 Å². The van der Waals surface area contributed by atoms with Crippen molar-refractivity contribution in [3.63, 3.8) is 0 Å². The largest absolute Gasteiger partial charge is 0.354 e. The summed E-state index contributed by atoms with van der Waals surface area (Å²) in [5.41, 5.74) is 4.92. The van der Waals surface area contributed by atoms with Crippen LogP contribution in [-0.4, -0.2) is 23.2 Å². The first-order chi connectivity index (χ1) is 13.1. The number of nitrogens with zero attached hydrogens (tertiary/aromatic N) is 2. The van der Waals surface area contributed by atoms with Gasteiger partial charge in [-0.1, -0.05) is 18.2 Å². The summed E-state index contributed by atoms with van der Waals surface area (Å²) >= 11 is 0. The summed E-state index contributed by atoms with van der Waals surface area (Å²) < 4.78 is 0. The fourth-order valence-corrected chi connectivity index (χ4v) is 3.29. The first-order valence-corrected chi connectivity index (χ1v) is 8.85. The number of hydrogen-bond acceptors (Lipinski definition) is 4. The predicted molar refractivity (Wildman–Crippen MR) is 106 cm³/mol. The van der Waals surface area contributed by atoms with Gasteiger partial charge in [-0.3, -0.25) is 14.6 Å².